The highest BCUT2D eigenvalue weighted by Gasteiger charge is 2.17. The second kappa shape index (κ2) is 9.52. The van der Waals surface area contributed by atoms with E-state index in [2.05, 4.69) is 34.6 Å². The van der Waals surface area contributed by atoms with E-state index in [1.165, 1.54) is 17.3 Å². The Labute approximate surface area is 201 Å². The van der Waals surface area contributed by atoms with E-state index in [4.69, 9.17) is 9.72 Å². The molecule has 0 saturated carbocycles. The number of nitrogens with zero attached hydrogens (tertiary/aromatic N) is 4. The molecule has 0 fully saturated rings. The molecule has 3 aromatic carbocycles. The number of rotatable bonds is 7. The van der Waals surface area contributed by atoms with E-state index in [1.54, 1.807) is 7.11 Å². The van der Waals surface area contributed by atoms with Gasteiger partial charge in [0.05, 0.1) is 18.4 Å². The molecule has 0 saturated heterocycles. The largest absolute Gasteiger partial charge is 0.497 e. The average molecular weight is 470 g/mol. The van der Waals surface area contributed by atoms with Crippen molar-refractivity contribution in [3.63, 3.8) is 0 Å². The van der Waals surface area contributed by atoms with Gasteiger partial charge in [0.2, 0.25) is 5.91 Å². The Hall–Kier alpha value is -3.91. The van der Waals surface area contributed by atoms with Crippen LogP contribution in [0.4, 0.5) is 0 Å². The molecule has 2 aromatic heterocycles. The molecular formula is C26H23N5O2S. The zero-order valence-corrected chi connectivity index (χ0v) is 19.7. The van der Waals surface area contributed by atoms with Crippen LogP contribution in [0.15, 0.2) is 78.0 Å². The molecule has 0 spiro atoms. The maximum Gasteiger partial charge on any atom is 0.230 e. The number of hydrogen-bond donors (Lipinski definition) is 1. The predicted octanol–water partition coefficient (Wildman–Crippen LogP) is 4.67. The van der Waals surface area contributed by atoms with Crippen LogP contribution in [0.5, 0.6) is 5.75 Å². The number of hydrogen-bond acceptors (Lipinski definition) is 6. The van der Waals surface area contributed by atoms with Crippen molar-refractivity contribution in [3.8, 4) is 17.1 Å². The van der Waals surface area contributed by atoms with Crippen LogP contribution in [-0.2, 0) is 11.3 Å². The Morgan fingerprint density at radius 1 is 1.03 bits per heavy atom. The Balaban J connectivity index is 1.41. The number of aromatic nitrogens is 4. The van der Waals surface area contributed by atoms with Crippen molar-refractivity contribution >= 4 is 34.2 Å². The van der Waals surface area contributed by atoms with Gasteiger partial charge in [-0.05, 0) is 36.8 Å². The number of benzene rings is 3. The molecule has 0 aliphatic carbocycles. The lowest BCUT2D eigenvalue weighted by Crippen LogP contribution is -2.24. The SMILES string of the molecule is COc1cccc(CNC(=O)CSc2nnc3c4ccccc4nc(-c4ccc(C)cc4)n23)c1. The lowest BCUT2D eigenvalue weighted by Gasteiger charge is -2.10. The lowest BCUT2D eigenvalue weighted by molar-refractivity contribution is -0.118. The third-order valence-electron chi connectivity index (χ3n) is 5.48. The second-order valence-corrected chi connectivity index (χ2v) is 8.82. The van der Waals surface area contributed by atoms with Crippen LogP contribution in [0.2, 0.25) is 0 Å². The fourth-order valence-electron chi connectivity index (χ4n) is 3.71. The van der Waals surface area contributed by atoms with Gasteiger partial charge in [0.1, 0.15) is 11.6 Å². The van der Waals surface area contributed by atoms with Gasteiger partial charge in [0.25, 0.3) is 0 Å². The van der Waals surface area contributed by atoms with Gasteiger partial charge in [-0.15, -0.1) is 10.2 Å². The summed E-state index contributed by atoms with van der Waals surface area (Å²) in [5.41, 5.74) is 4.69. The molecule has 0 radical (unpaired) electrons. The monoisotopic (exact) mass is 469 g/mol. The molecule has 0 unspecified atom stereocenters. The molecule has 1 amide bonds. The molecule has 8 heteroatoms. The zero-order chi connectivity index (χ0) is 23.5. The first-order valence-electron chi connectivity index (χ1n) is 10.9. The van der Waals surface area contributed by atoms with Crippen molar-refractivity contribution in [2.45, 2.75) is 18.6 Å². The second-order valence-electron chi connectivity index (χ2n) is 7.88. The number of methoxy groups -OCH3 is 1. The van der Waals surface area contributed by atoms with Gasteiger partial charge in [0.15, 0.2) is 10.8 Å². The average Bonchev–Trinajstić information content (AvgIpc) is 3.31. The zero-order valence-electron chi connectivity index (χ0n) is 18.9. The van der Waals surface area contributed by atoms with E-state index in [1.807, 2.05) is 65.1 Å². The molecule has 34 heavy (non-hydrogen) atoms. The number of amides is 1. The van der Waals surface area contributed by atoms with Crippen molar-refractivity contribution in [1.29, 1.82) is 0 Å². The molecule has 5 rings (SSSR count). The lowest BCUT2D eigenvalue weighted by atomic mass is 10.1. The van der Waals surface area contributed by atoms with Gasteiger partial charge >= 0.3 is 0 Å². The fourth-order valence-corrected chi connectivity index (χ4v) is 4.48. The summed E-state index contributed by atoms with van der Waals surface area (Å²) in [6, 6.07) is 23.7. The molecule has 0 aliphatic rings. The van der Waals surface area contributed by atoms with E-state index >= 15 is 0 Å². The summed E-state index contributed by atoms with van der Waals surface area (Å²) in [6.07, 6.45) is 0. The summed E-state index contributed by atoms with van der Waals surface area (Å²) in [6.45, 7) is 2.48. The van der Waals surface area contributed by atoms with E-state index < -0.39 is 0 Å². The number of thioether (sulfide) groups is 1. The molecular weight excluding hydrogens is 446 g/mol. The number of aryl methyl sites for hydroxylation is 1. The van der Waals surface area contributed by atoms with Crippen molar-refractivity contribution < 1.29 is 9.53 Å². The molecule has 2 heterocycles. The summed E-state index contributed by atoms with van der Waals surface area (Å²) >= 11 is 1.34. The van der Waals surface area contributed by atoms with E-state index in [-0.39, 0.29) is 11.7 Å². The number of fused-ring (bicyclic) bond motifs is 3. The van der Waals surface area contributed by atoms with E-state index in [9.17, 15) is 4.79 Å². The summed E-state index contributed by atoms with van der Waals surface area (Å²) in [4.78, 5) is 17.5. The van der Waals surface area contributed by atoms with Gasteiger partial charge in [-0.3, -0.25) is 9.20 Å². The number of ether oxygens (including phenoxy) is 1. The van der Waals surface area contributed by atoms with Crippen LogP contribution in [0.3, 0.4) is 0 Å². The summed E-state index contributed by atoms with van der Waals surface area (Å²) in [5.74, 6) is 1.64. The third-order valence-corrected chi connectivity index (χ3v) is 6.41. The molecule has 170 valence electrons. The predicted molar refractivity (Wildman–Crippen MR) is 134 cm³/mol. The van der Waals surface area contributed by atoms with Crippen LogP contribution in [0.1, 0.15) is 11.1 Å². The topological polar surface area (TPSA) is 81.4 Å². The fraction of sp³-hybridized carbons (Fsp3) is 0.154. The molecule has 5 aromatic rings. The molecule has 0 bridgehead atoms. The number of carbonyl (C=O) groups is 1. The highest BCUT2D eigenvalue weighted by molar-refractivity contribution is 7.99. The highest BCUT2D eigenvalue weighted by Crippen LogP contribution is 2.29. The minimum Gasteiger partial charge on any atom is -0.497 e. The van der Waals surface area contributed by atoms with E-state index in [0.29, 0.717) is 11.7 Å². The molecule has 1 N–H and O–H groups in total. The molecule has 7 nitrogen and oxygen atoms in total. The van der Waals surface area contributed by atoms with Crippen LogP contribution in [0.25, 0.3) is 27.9 Å². The van der Waals surface area contributed by atoms with Gasteiger partial charge in [0, 0.05) is 17.5 Å². The van der Waals surface area contributed by atoms with Crippen molar-refractivity contribution in [3.05, 3.63) is 83.9 Å². The standard InChI is InChI=1S/C26H23N5O2S/c1-17-10-12-19(13-11-17)24-28-22-9-4-3-8-21(22)25-29-30-26(31(24)25)34-16-23(32)27-15-18-6-5-7-20(14-18)33-2/h3-14H,15-16H2,1-2H3,(H,27,32). The minimum atomic E-state index is -0.0878. The quantitative estimate of drug-likeness (QED) is 0.349. The van der Waals surface area contributed by atoms with Gasteiger partial charge in [-0.25, -0.2) is 4.98 Å². The summed E-state index contributed by atoms with van der Waals surface area (Å²) in [5, 5.41) is 13.3. The number of para-hydroxylation sites is 1. The van der Waals surface area contributed by atoms with E-state index in [0.717, 1.165) is 39.3 Å². The summed E-state index contributed by atoms with van der Waals surface area (Å²) < 4.78 is 7.18. The molecule has 0 aliphatic heterocycles. The normalized spacial score (nSPS) is 11.1. The Bertz CT molecular complexity index is 1480. The minimum absolute atomic E-state index is 0.0878. The van der Waals surface area contributed by atoms with Crippen molar-refractivity contribution in [1.82, 2.24) is 24.9 Å². The highest BCUT2D eigenvalue weighted by atomic mass is 32.2. The Morgan fingerprint density at radius 3 is 2.68 bits per heavy atom. The van der Waals surface area contributed by atoms with Crippen LogP contribution >= 0.6 is 11.8 Å². The van der Waals surface area contributed by atoms with Gasteiger partial charge < -0.3 is 10.1 Å². The van der Waals surface area contributed by atoms with Crippen molar-refractivity contribution in [2.24, 2.45) is 0 Å². The Kier molecular flexibility index (Phi) is 6.14. The first-order chi connectivity index (χ1) is 16.6. The maximum atomic E-state index is 12.6. The maximum absolute atomic E-state index is 12.6. The summed E-state index contributed by atoms with van der Waals surface area (Å²) in [7, 11) is 1.63. The van der Waals surface area contributed by atoms with Crippen LogP contribution in [0, 0.1) is 6.92 Å². The third kappa shape index (κ3) is 4.45. The van der Waals surface area contributed by atoms with Crippen LogP contribution < -0.4 is 10.1 Å². The molecule has 0 atom stereocenters. The first-order valence-corrected chi connectivity index (χ1v) is 11.8. The number of carbonyl (C=O) groups excluding carboxylic acids is 1. The Morgan fingerprint density at radius 2 is 1.85 bits per heavy atom. The van der Waals surface area contributed by atoms with Crippen molar-refractivity contribution in [2.75, 3.05) is 12.9 Å². The smallest absolute Gasteiger partial charge is 0.230 e. The van der Waals surface area contributed by atoms with Crippen LogP contribution in [-0.4, -0.2) is 38.4 Å². The number of nitrogens with one attached hydrogen (secondary N) is 1. The first kappa shape index (κ1) is 21.9. The van der Waals surface area contributed by atoms with Gasteiger partial charge in [-0.1, -0.05) is 65.9 Å². The van der Waals surface area contributed by atoms with Gasteiger partial charge in [-0.2, -0.15) is 0 Å².